The lowest BCUT2D eigenvalue weighted by Gasteiger charge is -2.22. The molecule has 0 amide bonds. The van der Waals surface area contributed by atoms with E-state index in [0.717, 1.165) is 40.4 Å². The number of aromatic nitrogens is 6. The number of rotatable bonds is 2. The molecule has 1 saturated carbocycles. The number of anilines is 1. The maximum Gasteiger partial charge on any atom is 0.165 e. The van der Waals surface area contributed by atoms with E-state index in [2.05, 4.69) is 19.3 Å². The molecule has 1 aliphatic carbocycles. The number of nitrogen functional groups attached to an aromatic ring is 1. The zero-order valence-electron chi connectivity index (χ0n) is 12.4. The zero-order chi connectivity index (χ0) is 15.1. The van der Waals surface area contributed by atoms with E-state index in [9.17, 15) is 0 Å². The minimum atomic E-state index is 0.383. The van der Waals surface area contributed by atoms with E-state index in [0.29, 0.717) is 11.9 Å². The number of nitrogens with zero attached hydrogens (tertiary/aromatic N) is 6. The molecule has 2 N–H and O–H groups in total. The van der Waals surface area contributed by atoms with Gasteiger partial charge in [-0.2, -0.15) is 9.47 Å². The standard InChI is InChI=1S/C14H17N7S/c1-8-18-14(22-20-8)11-10-12(15)16-7-17-13(10)21(19-11)9-5-3-2-4-6-9/h7,9H,2-6H2,1H3,(H2,15,16,17). The van der Waals surface area contributed by atoms with Crippen molar-refractivity contribution in [1.82, 2.24) is 29.1 Å². The van der Waals surface area contributed by atoms with Crippen molar-refractivity contribution in [3.05, 3.63) is 12.2 Å². The maximum absolute atomic E-state index is 6.10. The van der Waals surface area contributed by atoms with Crippen LogP contribution >= 0.6 is 11.5 Å². The molecule has 114 valence electrons. The molecule has 1 fully saturated rings. The summed E-state index contributed by atoms with van der Waals surface area (Å²) >= 11 is 1.34. The fourth-order valence-electron chi connectivity index (χ4n) is 3.12. The number of hydrogen-bond acceptors (Lipinski definition) is 7. The van der Waals surface area contributed by atoms with Crippen molar-refractivity contribution in [2.75, 3.05) is 5.73 Å². The molecule has 0 aliphatic heterocycles. The summed E-state index contributed by atoms with van der Waals surface area (Å²) in [5, 5.41) is 6.37. The van der Waals surface area contributed by atoms with Crippen LogP contribution < -0.4 is 5.73 Å². The molecule has 8 heteroatoms. The molecule has 22 heavy (non-hydrogen) atoms. The van der Waals surface area contributed by atoms with Crippen molar-refractivity contribution >= 4 is 28.4 Å². The topological polar surface area (TPSA) is 95.4 Å². The molecule has 7 nitrogen and oxygen atoms in total. The highest BCUT2D eigenvalue weighted by atomic mass is 32.1. The summed E-state index contributed by atoms with van der Waals surface area (Å²) < 4.78 is 6.28. The minimum absolute atomic E-state index is 0.383. The van der Waals surface area contributed by atoms with Crippen LogP contribution in [-0.2, 0) is 0 Å². The molecule has 0 saturated heterocycles. The van der Waals surface area contributed by atoms with Gasteiger partial charge in [0.1, 0.15) is 23.7 Å². The van der Waals surface area contributed by atoms with E-state index >= 15 is 0 Å². The largest absolute Gasteiger partial charge is 0.383 e. The first-order valence-electron chi connectivity index (χ1n) is 7.53. The molecule has 0 aromatic carbocycles. The predicted octanol–water partition coefficient (Wildman–Crippen LogP) is 2.74. The van der Waals surface area contributed by atoms with Crippen LogP contribution in [0, 0.1) is 6.92 Å². The van der Waals surface area contributed by atoms with Gasteiger partial charge in [-0.3, -0.25) is 0 Å². The van der Waals surface area contributed by atoms with Gasteiger partial charge in [0.15, 0.2) is 10.7 Å². The van der Waals surface area contributed by atoms with Crippen molar-refractivity contribution in [3.63, 3.8) is 0 Å². The van der Waals surface area contributed by atoms with Crippen molar-refractivity contribution in [2.24, 2.45) is 0 Å². The van der Waals surface area contributed by atoms with Crippen LogP contribution in [0.15, 0.2) is 6.33 Å². The van der Waals surface area contributed by atoms with E-state index < -0.39 is 0 Å². The molecule has 0 spiro atoms. The monoisotopic (exact) mass is 315 g/mol. The van der Waals surface area contributed by atoms with Crippen LogP contribution in [0.25, 0.3) is 21.7 Å². The van der Waals surface area contributed by atoms with Gasteiger partial charge in [0.05, 0.1) is 11.4 Å². The van der Waals surface area contributed by atoms with Crippen LogP contribution in [0.5, 0.6) is 0 Å². The Morgan fingerprint density at radius 1 is 1.23 bits per heavy atom. The van der Waals surface area contributed by atoms with Gasteiger partial charge in [-0.05, 0) is 31.3 Å². The molecular weight excluding hydrogens is 298 g/mol. The molecule has 1 aliphatic rings. The third-order valence-corrected chi connectivity index (χ3v) is 4.98. The third-order valence-electron chi connectivity index (χ3n) is 4.17. The zero-order valence-corrected chi connectivity index (χ0v) is 13.2. The van der Waals surface area contributed by atoms with Gasteiger partial charge in [0, 0.05) is 0 Å². The fraction of sp³-hybridized carbons (Fsp3) is 0.500. The molecule has 0 radical (unpaired) electrons. The Morgan fingerprint density at radius 2 is 2.05 bits per heavy atom. The Labute approximate surface area is 131 Å². The van der Waals surface area contributed by atoms with Gasteiger partial charge in [-0.1, -0.05) is 19.3 Å². The lowest BCUT2D eigenvalue weighted by atomic mass is 9.96. The average molecular weight is 315 g/mol. The highest BCUT2D eigenvalue weighted by molar-refractivity contribution is 7.09. The molecule has 3 heterocycles. The average Bonchev–Trinajstić information content (AvgIpc) is 3.13. The summed E-state index contributed by atoms with van der Waals surface area (Å²) in [5.74, 6) is 1.20. The Morgan fingerprint density at radius 3 is 2.77 bits per heavy atom. The Bertz CT molecular complexity index is 816. The minimum Gasteiger partial charge on any atom is -0.383 e. The van der Waals surface area contributed by atoms with Gasteiger partial charge in [0.25, 0.3) is 0 Å². The van der Waals surface area contributed by atoms with E-state index in [1.807, 2.05) is 11.6 Å². The molecule has 4 rings (SSSR count). The lowest BCUT2D eigenvalue weighted by molar-refractivity contribution is 0.336. The summed E-state index contributed by atoms with van der Waals surface area (Å²) in [6.45, 7) is 1.88. The maximum atomic E-state index is 6.10. The summed E-state index contributed by atoms with van der Waals surface area (Å²) in [5.41, 5.74) is 7.66. The molecule has 0 atom stereocenters. The van der Waals surface area contributed by atoms with Gasteiger partial charge in [0.2, 0.25) is 0 Å². The van der Waals surface area contributed by atoms with Crippen molar-refractivity contribution in [3.8, 4) is 10.7 Å². The normalized spacial score (nSPS) is 16.4. The molecule has 3 aromatic heterocycles. The number of fused-ring (bicyclic) bond motifs is 1. The lowest BCUT2D eigenvalue weighted by Crippen LogP contribution is -2.14. The second kappa shape index (κ2) is 5.28. The van der Waals surface area contributed by atoms with Crippen molar-refractivity contribution in [2.45, 2.75) is 45.1 Å². The van der Waals surface area contributed by atoms with Crippen molar-refractivity contribution < 1.29 is 0 Å². The van der Waals surface area contributed by atoms with E-state index in [4.69, 9.17) is 10.8 Å². The number of nitrogens with two attached hydrogens (primary N) is 1. The van der Waals surface area contributed by atoms with Crippen LogP contribution in [0.2, 0.25) is 0 Å². The van der Waals surface area contributed by atoms with Gasteiger partial charge >= 0.3 is 0 Å². The SMILES string of the molecule is Cc1nsc(-c2nn(C3CCCCC3)c3ncnc(N)c23)n1. The predicted molar refractivity (Wildman–Crippen MR) is 85.5 cm³/mol. The van der Waals surface area contributed by atoms with E-state index in [1.54, 1.807) is 0 Å². The third kappa shape index (κ3) is 2.14. The van der Waals surface area contributed by atoms with E-state index in [-0.39, 0.29) is 0 Å². The van der Waals surface area contributed by atoms with Gasteiger partial charge in [-0.25, -0.2) is 19.6 Å². The van der Waals surface area contributed by atoms with Crippen LogP contribution in [0.4, 0.5) is 5.82 Å². The first-order chi connectivity index (χ1) is 10.7. The van der Waals surface area contributed by atoms with E-state index in [1.165, 1.54) is 37.1 Å². The van der Waals surface area contributed by atoms with Crippen molar-refractivity contribution in [1.29, 1.82) is 0 Å². The van der Waals surface area contributed by atoms with Crippen LogP contribution in [-0.4, -0.2) is 29.1 Å². The smallest absolute Gasteiger partial charge is 0.165 e. The Balaban J connectivity index is 1.93. The van der Waals surface area contributed by atoms with Crippen LogP contribution in [0.1, 0.15) is 44.0 Å². The Hall–Kier alpha value is -2.09. The fourth-order valence-corrected chi connectivity index (χ4v) is 3.78. The first kappa shape index (κ1) is 13.6. The number of hydrogen-bond donors (Lipinski definition) is 1. The molecular formula is C14H17N7S. The quantitative estimate of drug-likeness (QED) is 0.781. The van der Waals surface area contributed by atoms with Crippen LogP contribution in [0.3, 0.4) is 0 Å². The van der Waals surface area contributed by atoms with Gasteiger partial charge in [-0.15, -0.1) is 0 Å². The second-order valence-corrected chi connectivity index (χ2v) is 6.44. The summed E-state index contributed by atoms with van der Waals surface area (Å²) in [7, 11) is 0. The number of aryl methyl sites for hydroxylation is 1. The summed E-state index contributed by atoms with van der Waals surface area (Å²) in [6, 6.07) is 0.383. The van der Waals surface area contributed by atoms with Gasteiger partial charge < -0.3 is 5.73 Å². The first-order valence-corrected chi connectivity index (χ1v) is 8.31. The molecule has 0 bridgehead atoms. The second-order valence-electron chi connectivity index (χ2n) is 5.69. The summed E-state index contributed by atoms with van der Waals surface area (Å²) in [6.07, 6.45) is 7.55. The Kier molecular flexibility index (Phi) is 3.25. The highest BCUT2D eigenvalue weighted by Crippen LogP contribution is 2.36. The molecule has 3 aromatic rings. The highest BCUT2D eigenvalue weighted by Gasteiger charge is 2.24. The molecule has 0 unspecified atom stereocenters. The summed E-state index contributed by atoms with van der Waals surface area (Å²) in [4.78, 5) is 13.0.